The zero-order valence-corrected chi connectivity index (χ0v) is 3.55. The standard InChI is InChI=1S/C2H4B3O/c1-2-6-5-4-3-1/h1-2H2. The first-order valence-electron chi connectivity index (χ1n) is 2.10. The normalized spacial score (nSPS) is 20.0. The first-order valence-corrected chi connectivity index (χ1v) is 2.10. The molecule has 0 spiro atoms. The van der Waals surface area contributed by atoms with Crippen molar-refractivity contribution in [3.05, 3.63) is 0 Å². The molecule has 0 N–H and O–H groups in total. The zero-order chi connectivity index (χ0) is 4.24. The third-order valence-corrected chi connectivity index (χ3v) is 0.713. The van der Waals surface area contributed by atoms with Crippen LogP contribution in [0.1, 0.15) is 0 Å². The Kier molecular flexibility index (Phi) is 1.69. The van der Waals surface area contributed by atoms with Crippen molar-refractivity contribution in [2.24, 2.45) is 0 Å². The zero-order valence-electron chi connectivity index (χ0n) is 3.55. The summed E-state index contributed by atoms with van der Waals surface area (Å²) < 4.78 is 4.86. The minimum Gasteiger partial charge on any atom is -0.453 e. The molecule has 1 rings (SSSR count). The molecular weight excluding hydrogens is 72.5 g/mol. The highest BCUT2D eigenvalue weighted by Gasteiger charge is 2.00. The maximum atomic E-state index is 4.86. The summed E-state index contributed by atoms with van der Waals surface area (Å²) >= 11 is 0. The average molecular weight is 76.5 g/mol. The van der Waals surface area contributed by atoms with Crippen molar-refractivity contribution in [3.8, 4) is 0 Å². The van der Waals surface area contributed by atoms with Gasteiger partial charge in [-0.3, -0.25) is 0 Å². The van der Waals surface area contributed by atoms with Crippen LogP contribution in [0, 0.1) is 0 Å². The fourth-order valence-corrected chi connectivity index (χ4v) is 0.411. The molecule has 6 heavy (non-hydrogen) atoms. The van der Waals surface area contributed by atoms with Gasteiger partial charge in [-0.05, 0) is 0 Å². The quantitative estimate of drug-likeness (QED) is 0.347. The summed E-state index contributed by atoms with van der Waals surface area (Å²) in [7, 11) is 5.72. The van der Waals surface area contributed by atoms with Crippen LogP contribution in [0.4, 0.5) is 0 Å². The maximum Gasteiger partial charge on any atom is 0.230 e. The lowest BCUT2D eigenvalue weighted by Gasteiger charge is -2.05. The molecule has 0 aromatic carbocycles. The van der Waals surface area contributed by atoms with E-state index >= 15 is 0 Å². The van der Waals surface area contributed by atoms with Crippen LogP contribution in [0.3, 0.4) is 0 Å². The van der Waals surface area contributed by atoms with E-state index in [9.17, 15) is 0 Å². The summed E-state index contributed by atoms with van der Waals surface area (Å²) in [5.41, 5.74) is 0. The Hall–Kier alpha value is 0.155. The SMILES string of the molecule is [B]1[B]CCO[B]1. The van der Waals surface area contributed by atoms with Crippen molar-refractivity contribution in [2.45, 2.75) is 6.32 Å². The fraction of sp³-hybridized carbons (Fsp3) is 1.00. The summed E-state index contributed by atoms with van der Waals surface area (Å²) in [5, 5.41) is 0. The second kappa shape index (κ2) is 2.35. The second-order valence-corrected chi connectivity index (χ2v) is 1.22. The first kappa shape index (κ1) is 4.32. The Bertz CT molecular complexity index is 24.3. The molecule has 1 saturated heterocycles. The van der Waals surface area contributed by atoms with Gasteiger partial charge in [0.25, 0.3) is 0 Å². The lowest BCUT2D eigenvalue weighted by molar-refractivity contribution is 0.368. The van der Waals surface area contributed by atoms with Crippen LogP contribution < -0.4 is 0 Å². The van der Waals surface area contributed by atoms with E-state index in [1.807, 2.05) is 7.06 Å². The van der Waals surface area contributed by atoms with Crippen molar-refractivity contribution < 1.29 is 4.65 Å². The van der Waals surface area contributed by atoms with E-state index < -0.39 is 0 Å². The van der Waals surface area contributed by atoms with Crippen LogP contribution in [-0.4, -0.2) is 28.2 Å². The molecule has 3 radical (unpaired) electrons. The molecular formula is C2H4B3O. The van der Waals surface area contributed by atoms with Gasteiger partial charge in [-0.1, -0.05) is 6.32 Å². The lowest BCUT2D eigenvalue weighted by atomic mass is 9.23. The second-order valence-electron chi connectivity index (χ2n) is 1.22. The van der Waals surface area contributed by atoms with Gasteiger partial charge in [0.15, 0.2) is 0 Å². The van der Waals surface area contributed by atoms with Gasteiger partial charge in [-0.25, -0.2) is 0 Å². The predicted molar refractivity (Wildman–Crippen MR) is 28.0 cm³/mol. The van der Waals surface area contributed by atoms with Crippen LogP contribution in [-0.2, 0) is 4.65 Å². The third kappa shape index (κ3) is 1.09. The average Bonchev–Trinajstić information content (AvgIpc) is 1.72. The molecule has 0 aromatic rings. The van der Waals surface area contributed by atoms with Crippen LogP contribution in [0.5, 0.6) is 0 Å². The number of rotatable bonds is 0. The molecule has 0 aliphatic carbocycles. The van der Waals surface area contributed by atoms with Gasteiger partial charge in [-0.2, -0.15) is 0 Å². The molecule has 4 heteroatoms. The molecule has 1 heterocycles. The molecule has 1 fully saturated rings. The van der Waals surface area contributed by atoms with Crippen molar-refractivity contribution in [3.63, 3.8) is 0 Å². The molecule has 27 valence electrons. The molecule has 0 unspecified atom stereocenters. The van der Waals surface area contributed by atoms with Gasteiger partial charge >= 0.3 is 0 Å². The Balaban J connectivity index is 2.00. The summed E-state index contributed by atoms with van der Waals surface area (Å²) in [6, 6.07) is 0. The molecule has 1 nitrogen and oxygen atoms in total. The molecule has 0 bridgehead atoms. The van der Waals surface area contributed by atoms with E-state index in [2.05, 4.69) is 7.17 Å². The summed E-state index contributed by atoms with van der Waals surface area (Å²) in [6.07, 6.45) is 1.07. The highest BCUT2D eigenvalue weighted by atomic mass is 16.4. The van der Waals surface area contributed by atoms with Crippen molar-refractivity contribution >= 4 is 21.6 Å². The lowest BCUT2D eigenvalue weighted by Crippen LogP contribution is -2.23. The summed E-state index contributed by atoms with van der Waals surface area (Å²) in [5.74, 6) is 0. The van der Waals surface area contributed by atoms with E-state index in [1.54, 1.807) is 7.37 Å². The highest BCUT2D eigenvalue weighted by molar-refractivity contribution is 7.28. The molecule has 0 atom stereocenters. The van der Waals surface area contributed by atoms with E-state index in [1.165, 1.54) is 0 Å². The minimum atomic E-state index is 0.858. The van der Waals surface area contributed by atoms with Crippen LogP contribution in [0.15, 0.2) is 0 Å². The Morgan fingerprint density at radius 1 is 1.50 bits per heavy atom. The van der Waals surface area contributed by atoms with E-state index in [0.29, 0.717) is 0 Å². The Morgan fingerprint density at radius 3 is 2.67 bits per heavy atom. The van der Waals surface area contributed by atoms with Gasteiger partial charge in [0, 0.05) is 6.61 Å². The van der Waals surface area contributed by atoms with Gasteiger partial charge in [-0.15, -0.1) is 0 Å². The monoisotopic (exact) mass is 77.1 g/mol. The van der Waals surface area contributed by atoms with E-state index in [0.717, 1.165) is 12.9 Å². The highest BCUT2D eigenvalue weighted by Crippen LogP contribution is 1.84. The van der Waals surface area contributed by atoms with Gasteiger partial charge in [0.2, 0.25) is 7.37 Å². The van der Waals surface area contributed by atoms with Crippen LogP contribution in [0.25, 0.3) is 0 Å². The smallest absolute Gasteiger partial charge is 0.230 e. The summed E-state index contributed by atoms with van der Waals surface area (Å²) in [4.78, 5) is 0. The largest absolute Gasteiger partial charge is 0.453 e. The van der Waals surface area contributed by atoms with Crippen LogP contribution >= 0.6 is 0 Å². The Labute approximate surface area is 40.2 Å². The van der Waals surface area contributed by atoms with E-state index in [-0.39, 0.29) is 0 Å². The van der Waals surface area contributed by atoms with Gasteiger partial charge in [0.1, 0.15) is 0 Å². The van der Waals surface area contributed by atoms with Crippen molar-refractivity contribution in [2.75, 3.05) is 6.61 Å². The number of hydrogen-bond donors (Lipinski definition) is 0. The molecule has 1 aliphatic rings. The topological polar surface area (TPSA) is 9.23 Å². The molecule has 1 aliphatic heterocycles. The molecule has 0 saturated carbocycles. The van der Waals surface area contributed by atoms with Crippen molar-refractivity contribution in [1.29, 1.82) is 0 Å². The first-order chi connectivity index (χ1) is 3.00. The number of hydrogen-bond acceptors (Lipinski definition) is 1. The van der Waals surface area contributed by atoms with Gasteiger partial charge in [0.05, 0.1) is 14.2 Å². The summed E-state index contributed by atoms with van der Waals surface area (Å²) in [6.45, 7) is 0.858. The Morgan fingerprint density at radius 2 is 2.50 bits per heavy atom. The third-order valence-electron chi connectivity index (χ3n) is 0.713. The predicted octanol–water partition coefficient (Wildman–Crippen LogP) is -0.708. The molecule has 0 aromatic heterocycles. The maximum absolute atomic E-state index is 4.86. The van der Waals surface area contributed by atoms with Crippen LogP contribution in [0.2, 0.25) is 6.32 Å². The van der Waals surface area contributed by atoms with Crippen molar-refractivity contribution in [1.82, 2.24) is 0 Å². The minimum absolute atomic E-state index is 0.858. The fourth-order valence-electron chi connectivity index (χ4n) is 0.411. The molecule has 0 amide bonds. The van der Waals surface area contributed by atoms with Gasteiger partial charge < -0.3 is 4.65 Å². The van der Waals surface area contributed by atoms with E-state index in [4.69, 9.17) is 4.65 Å².